The van der Waals surface area contributed by atoms with Gasteiger partial charge in [0.1, 0.15) is 5.75 Å². The predicted molar refractivity (Wildman–Crippen MR) is 89.7 cm³/mol. The summed E-state index contributed by atoms with van der Waals surface area (Å²) in [5, 5.41) is 4.03. The summed E-state index contributed by atoms with van der Waals surface area (Å²) in [6, 6.07) is 14.6. The molecule has 0 aliphatic heterocycles. The van der Waals surface area contributed by atoms with Crippen molar-refractivity contribution in [1.82, 2.24) is 15.0 Å². The number of hydrogen-bond acceptors (Lipinski definition) is 5. The molecule has 0 unspecified atom stereocenters. The minimum Gasteiger partial charge on any atom is -0.496 e. The number of para-hydroxylation sites is 1. The molecular weight excluding hydrogens is 306 g/mol. The number of ether oxygens (including phenoxy) is 1. The van der Waals surface area contributed by atoms with E-state index in [9.17, 15) is 4.79 Å². The van der Waals surface area contributed by atoms with Gasteiger partial charge in [0.05, 0.1) is 23.8 Å². The molecule has 122 valence electrons. The molecule has 6 heteroatoms. The minimum atomic E-state index is -0.123. The number of hydrogen-bond donors (Lipinski definition) is 0. The normalized spacial score (nSPS) is 10.5. The van der Waals surface area contributed by atoms with Crippen molar-refractivity contribution in [2.75, 3.05) is 21.2 Å². The quantitative estimate of drug-likeness (QED) is 0.738. The Morgan fingerprint density at radius 3 is 2.42 bits per heavy atom. The smallest absolute Gasteiger partial charge is 0.259 e. The van der Waals surface area contributed by atoms with E-state index in [1.54, 1.807) is 39.4 Å². The molecule has 1 aromatic heterocycles. The Morgan fingerprint density at radius 1 is 1.04 bits per heavy atom. The zero-order chi connectivity index (χ0) is 17.1. The van der Waals surface area contributed by atoms with Crippen molar-refractivity contribution in [1.29, 1.82) is 0 Å². The Morgan fingerprint density at radius 2 is 1.71 bits per heavy atom. The van der Waals surface area contributed by atoms with Crippen LogP contribution in [0.5, 0.6) is 5.75 Å². The van der Waals surface area contributed by atoms with Crippen molar-refractivity contribution < 1.29 is 14.1 Å². The molecule has 0 N–H and O–H groups in total. The number of methoxy groups -OCH3 is 1. The molecule has 0 atom stereocenters. The first-order chi connectivity index (χ1) is 11.6. The van der Waals surface area contributed by atoms with Gasteiger partial charge in [0, 0.05) is 14.1 Å². The summed E-state index contributed by atoms with van der Waals surface area (Å²) >= 11 is 0. The van der Waals surface area contributed by atoms with E-state index in [4.69, 9.17) is 9.26 Å². The zero-order valence-corrected chi connectivity index (χ0v) is 13.7. The van der Waals surface area contributed by atoms with E-state index in [1.807, 2.05) is 30.3 Å². The molecule has 0 aliphatic carbocycles. The van der Waals surface area contributed by atoms with Gasteiger partial charge in [-0.1, -0.05) is 29.4 Å². The molecule has 0 bridgehead atoms. The second-order valence-corrected chi connectivity index (χ2v) is 5.37. The first-order valence-electron chi connectivity index (χ1n) is 7.40. The number of nitrogens with zero attached hydrogens (tertiary/aromatic N) is 3. The van der Waals surface area contributed by atoms with Crippen LogP contribution in [0.15, 0.2) is 53.1 Å². The summed E-state index contributed by atoms with van der Waals surface area (Å²) in [6.45, 7) is 0. The number of carbonyl (C=O) groups is 1. The fraction of sp³-hybridized carbons (Fsp3) is 0.167. The Balaban J connectivity index is 2.05. The first-order valence-corrected chi connectivity index (χ1v) is 7.40. The Kier molecular flexibility index (Phi) is 4.29. The van der Waals surface area contributed by atoms with E-state index >= 15 is 0 Å². The van der Waals surface area contributed by atoms with E-state index < -0.39 is 0 Å². The monoisotopic (exact) mass is 323 g/mol. The molecule has 0 fully saturated rings. The number of rotatable bonds is 4. The molecule has 1 heterocycles. The molecule has 0 saturated carbocycles. The molecule has 0 spiro atoms. The van der Waals surface area contributed by atoms with Gasteiger partial charge < -0.3 is 14.2 Å². The maximum Gasteiger partial charge on any atom is 0.259 e. The SMILES string of the molecule is COc1ccccc1-c1noc(-c2ccccc2C(=O)N(C)C)n1. The molecule has 2 aromatic carbocycles. The molecule has 3 aromatic rings. The van der Waals surface area contributed by atoms with Crippen LogP contribution in [0.25, 0.3) is 22.8 Å². The summed E-state index contributed by atoms with van der Waals surface area (Å²) in [4.78, 5) is 18.3. The van der Waals surface area contributed by atoms with E-state index in [1.165, 1.54) is 4.90 Å². The van der Waals surface area contributed by atoms with E-state index in [0.717, 1.165) is 5.56 Å². The van der Waals surface area contributed by atoms with Crippen LogP contribution in [0.1, 0.15) is 10.4 Å². The Hall–Kier alpha value is -3.15. The summed E-state index contributed by atoms with van der Waals surface area (Å²) in [7, 11) is 4.99. The molecule has 1 amide bonds. The summed E-state index contributed by atoms with van der Waals surface area (Å²) in [6.07, 6.45) is 0. The van der Waals surface area contributed by atoms with E-state index in [0.29, 0.717) is 28.6 Å². The van der Waals surface area contributed by atoms with Crippen molar-refractivity contribution in [2.24, 2.45) is 0 Å². The average Bonchev–Trinajstić information content (AvgIpc) is 3.10. The number of amides is 1. The molecule has 0 saturated heterocycles. The maximum atomic E-state index is 12.3. The molecular formula is C18H17N3O3. The number of benzene rings is 2. The van der Waals surface area contributed by atoms with Gasteiger partial charge in [0.15, 0.2) is 0 Å². The van der Waals surface area contributed by atoms with Crippen LogP contribution in [-0.4, -0.2) is 42.2 Å². The molecule has 0 aliphatic rings. The molecule has 0 radical (unpaired) electrons. The highest BCUT2D eigenvalue weighted by atomic mass is 16.5. The standard InChI is InChI=1S/C18H17N3O3/c1-21(2)18(22)13-9-5-4-8-12(13)17-19-16(20-24-17)14-10-6-7-11-15(14)23-3/h4-11H,1-3H3. The van der Waals surface area contributed by atoms with Crippen molar-refractivity contribution in [3.05, 3.63) is 54.1 Å². The van der Waals surface area contributed by atoms with Gasteiger partial charge in [-0.3, -0.25) is 4.79 Å². The topological polar surface area (TPSA) is 68.5 Å². The summed E-state index contributed by atoms with van der Waals surface area (Å²) in [5.74, 6) is 1.24. The fourth-order valence-electron chi connectivity index (χ4n) is 2.37. The average molecular weight is 323 g/mol. The lowest BCUT2D eigenvalue weighted by molar-refractivity contribution is 0.0828. The highest BCUT2D eigenvalue weighted by Gasteiger charge is 2.20. The largest absolute Gasteiger partial charge is 0.496 e. The predicted octanol–water partition coefficient (Wildman–Crippen LogP) is 3.11. The van der Waals surface area contributed by atoms with Crippen LogP contribution in [0.2, 0.25) is 0 Å². The van der Waals surface area contributed by atoms with Crippen LogP contribution in [0, 0.1) is 0 Å². The van der Waals surface area contributed by atoms with E-state index in [-0.39, 0.29) is 5.91 Å². The number of carbonyl (C=O) groups excluding carboxylic acids is 1. The van der Waals surface area contributed by atoms with Crippen LogP contribution < -0.4 is 4.74 Å². The first kappa shape index (κ1) is 15.7. The van der Waals surface area contributed by atoms with Crippen LogP contribution in [0.3, 0.4) is 0 Å². The van der Waals surface area contributed by atoms with Crippen LogP contribution in [0.4, 0.5) is 0 Å². The van der Waals surface area contributed by atoms with Crippen molar-refractivity contribution >= 4 is 5.91 Å². The summed E-state index contributed by atoms with van der Waals surface area (Å²) in [5.41, 5.74) is 1.84. The van der Waals surface area contributed by atoms with Crippen LogP contribution in [-0.2, 0) is 0 Å². The van der Waals surface area contributed by atoms with Crippen molar-refractivity contribution in [3.63, 3.8) is 0 Å². The molecule has 3 rings (SSSR count). The second-order valence-electron chi connectivity index (χ2n) is 5.37. The van der Waals surface area contributed by atoms with Gasteiger partial charge in [-0.15, -0.1) is 0 Å². The van der Waals surface area contributed by atoms with Gasteiger partial charge in [0.25, 0.3) is 11.8 Å². The minimum absolute atomic E-state index is 0.123. The lowest BCUT2D eigenvalue weighted by Crippen LogP contribution is -2.22. The number of aromatic nitrogens is 2. The molecule has 24 heavy (non-hydrogen) atoms. The summed E-state index contributed by atoms with van der Waals surface area (Å²) < 4.78 is 10.7. The lowest BCUT2D eigenvalue weighted by atomic mass is 10.1. The Bertz CT molecular complexity index is 871. The highest BCUT2D eigenvalue weighted by Crippen LogP contribution is 2.30. The maximum absolute atomic E-state index is 12.3. The van der Waals surface area contributed by atoms with Crippen molar-refractivity contribution in [3.8, 4) is 28.6 Å². The molecule has 6 nitrogen and oxygen atoms in total. The fourth-order valence-corrected chi connectivity index (χ4v) is 2.37. The van der Waals surface area contributed by atoms with Gasteiger partial charge in [0.2, 0.25) is 5.82 Å². The third kappa shape index (κ3) is 2.86. The Labute approximate surface area is 139 Å². The van der Waals surface area contributed by atoms with Crippen molar-refractivity contribution in [2.45, 2.75) is 0 Å². The highest BCUT2D eigenvalue weighted by molar-refractivity contribution is 5.99. The zero-order valence-electron chi connectivity index (χ0n) is 13.7. The van der Waals surface area contributed by atoms with Gasteiger partial charge in [-0.05, 0) is 24.3 Å². The third-order valence-electron chi connectivity index (χ3n) is 3.57. The third-order valence-corrected chi connectivity index (χ3v) is 3.57. The van der Waals surface area contributed by atoms with Crippen LogP contribution >= 0.6 is 0 Å². The lowest BCUT2D eigenvalue weighted by Gasteiger charge is -2.12. The van der Waals surface area contributed by atoms with E-state index in [2.05, 4.69) is 10.1 Å². The second kappa shape index (κ2) is 6.54. The van der Waals surface area contributed by atoms with Gasteiger partial charge in [-0.25, -0.2) is 0 Å². The van der Waals surface area contributed by atoms with Gasteiger partial charge in [-0.2, -0.15) is 4.98 Å². The van der Waals surface area contributed by atoms with Gasteiger partial charge >= 0.3 is 0 Å².